The maximum absolute atomic E-state index is 5.61. The first-order valence-electron chi connectivity index (χ1n) is 6.35. The van der Waals surface area contributed by atoms with Crippen molar-refractivity contribution < 1.29 is 9.47 Å². The molecule has 1 aromatic heterocycles. The van der Waals surface area contributed by atoms with E-state index in [1.54, 1.807) is 0 Å². The smallest absolute Gasteiger partial charge is 0.162 e. The highest BCUT2D eigenvalue weighted by Gasteiger charge is 2.14. The maximum Gasteiger partial charge on any atom is 0.162 e. The van der Waals surface area contributed by atoms with Crippen LogP contribution in [-0.4, -0.2) is 29.8 Å². The van der Waals surface area contributed by atoms with Crippen LogP contribution in [0.25, 0.3) is 11.4 Å². The Morgan fingerprint density at radius 1 is 1.26 bits per heavy atom. The van der Waals surface area contributed by atoms with Crippen LogP contribution in [0.4, 0.5) is 0 Å². The number of aromatic nitrogens is 2. The molecule has 1 aliphatic rings. The van der Waals surface area contributed by atoms with Gasteiger partial charge in [0.1, 0.15) is 19.0 Å². The van der Waals surface area contributed by atoms with Crippen molar-refractivity contribution in [1.82, 2.24) is 14.9 Å². The van der Waals surface area contributed by atoms with Crippen molar-refractivity contribution in [3.8, 4) is 22.9 Å². The minimum Gasteiger partial charge on any atom is -0.486 e. The molecule has 1 aromatic carbocycles. The molecular formula is C14H17N3O2. The highest BCUT2D eigenvalue weighted by molar-refractivity contribution is 5.62. The third-order valence-corrected chi connectivity index (χ3v) is 3.08. The van der Waals surface area contributed by atoms with Gasteiger partial charge >= 0.3 is 0 Å². The molecule has 0 atom stereocenters. The van der Waals surface area contributed by atoms with Crippen molar-refractivity contribution in [2.24, 2.45) is 7.05 Å². The second-order valence-corrected chi connectivity index (χ2v) is 4.56. The third kappa shape index (κ3) is 2.29. The van der Waals surface area contributed by atoms with Gasteiger partial charge in [0.05, 0.1) is 5.69 Å². The Balaban J connectivity index is 1.97. The molecule has 0 saturated carbocycles. The molecule has 100 valence electrons. The number of ether oxygens (including phenoxy) is 2. The van der Waals surface area contributed by atoms with Crippen molar-refractivity contribution in [3.63, 3.8) is 0 Å². The molecule has 19 heavy (non-hydrogen) atoms. The van der Waals surface area contributed by atoms with Gasteiger partial charge in [-0.1, -0.05) is 0 Å². The molecule has 0 radical (unpaired) electrons. The van der Waals surface area contributed by atoms with E-state index < -0.39 is 0 Å². The van der Waals surface area contributed by atoms with Gasteiger partial charge in [-0.15, -0.1) is 0 Å². The fourth-order valence-corrected chi connectivity index (χ4v) is 2.25. The Labute approximate surface area is 112 Å². The molecule has 1 N–H and O–H groups in total. The van der Waals surface area contributed by atoms with E-state index in [-0.39, 0.29) is 0 Å². The normalized spacial score (nSPS) is 13.6. The van der Waals surface area contributed by atoms with Gasteiger partial charge < -0.3 is 19.4 Å². The zero-order chi connectivity index (χ0) is 13.2. The molecule has 2 aromatic rings. The Kier molecular flexibility index (Phi) is 3.13. The van der Waals surface area contributed by atoms with Crippen LogP contribution in [0.5, 0.6) is 11.5 Å². The zero-order valence-electron chi connectivity index (χ0n) is 11.1. The van der Waals surface area contributed by atoms with Crippen LogP contribution in [0.3, 0.4) is 0 Å². The standard InChI is InChI=1S/C14H17N3O2/c1-15-8-11-9-17(2)14(16-11)10-3-4-12-13(7-10)19-6-5-18-12/h3-4,7,9,15H,5-6,8H2,1-2H3. The summed E-state index contributed by atoms with van der Waals surface area (Å²) in [7, 11) is 3.91. The monoisotopic (exact) mass is 259 g/mol. The molecule has 0 amide bonds. The van der Waals surface area contributed by atoms with Gasteiger partial charge in [0.2, 0.25) is 0 Å². The summed E-state index contributed by atoms with van der Waals surface area (Å²) in [6, 6.07) is 5.94. The van der Waals surface area contributed by atoms with E-state index in [1.165, 1.54) is 0 Å². The molecular weight excluding hydrogens is 242 g/mol. The molecule has 1 aliphatic heterocycles. The van der Waals surface area contributed by atoms with Crippen LogP contribution < -0.4 is 14.8 Å². The van der Waals surface area contributed by atoms with Crippen molar-refractivity contribution >= 4 is 0 Å². The lowest BCUT2D eigenvalue weighted by molar-refractivity contribution is 0.171. The molecule has 0 fully saturated rings. The number of hydrogen-bond donors (Lipinski definition) is 1. The molecule has 5 heteroatoms. The lowest BCUT2D eigenvalue weighted by atomic mass is 10.2. The number of benzene rings is 1. The van der Waals surface area contributed by atoms with Crippen molar-refractivity contribution in [2.45, 2.75) is 6.54 Å². The van der Waals surface area contributed by atoms with Gasteiger partial charge in [0.15, 0.2) is 11.5 Å². The Hall–Kier alpha value is -2.01. The zero-order valence-corrected chi connectivity index (χ0v) is 11.1. The SMILES string of the molecule is CNCc1cn(C)c(-c2ccc3c(c2)OCCO3)n1. The van der Waals surface area contributed by atoms with E-state index in [0.29, 0.717) is 13.2 Å². The molecule has 0 spiro atoms. The summed E-state index contributed by atoms with van der Waals surface area (Å²) in [4.78, 5) is 4.62. The number of rotatable bonds is 3. The summed E-state index contributed by atoms with van der Waals surface area (Å²) in [5.74, 6) is 2.53. The predicted octanol–water partition coefficient (Wildman–Crippen LogP) is 1.58. The summed E-state index contributed by atoms with van der Waals surface area (Å²) in [6.45, 7) is 1.97. The molecule has 0 aliphatic carbocycles. The number of imidazole rings is 1. The second kappa shape index (κ2) is 4.93. The highest BCUT2D eigenvalue weighted by atomic mass is 16.6. The largest absolute Gasteiger partial charge is 0.486 e. The first-order chi connectivity index (χ1) is 9.28. The average Bonchev–Trinajstić information content (AvgIpc) is 2.79. The topological polar surface area (TPSA) is 48.3 Å². The van der Waals surface area contributed by atoms with Crippen LogP contribution in [0.15, 0.2) is 24.4 Å². The fourth-order valence-electron chi connectivity index (χ4n) is 2.25. The summed E-state index contributed by atoms with van der Waals surface area (Å²) in [5.41, 5.74) is 2.06. The van der Waals surface area contributed by atoms with Gasteiger partial charge in [-0.05, 0) is 25.2 Å². The van der Waals surface area contributed by atoms with Gasteiger partial charge in [-0.3, -0.25) is 0 Å². The van der Waals surface area contributed by atoms with E-state index in [2.05, 4.69) is 10.3 Å². The van der Waals surface area contributed by atoms with E-state index in [4.69, 9.17) is 9.47 Å². The Morgan fingerprint density at radius 3 is 2.84 bits per heavy atom. The lowest BCUT2D eigenvalue weighted by Crippen LogP contribution is -2.15. The van der Waals surface area contributed by atoms with Crippen molar-refractivity contribution in [2.75, 3.05) is 20.3 Å². The number of hydrogen-bond acceptors (Lipinski definition) is 4. The first-order valence-corrected chi connectivity index (χ1v) is 6.35. The summed E-state index contributed by atoms with van der Waals surface area (Å²) < 4.78 is 13.2. The average molecular weight is 259 g/mol. The molecule has 0 unspecified atom stereocenters. The molecule has 5 nitrogen and oxygen atoms in total. The summed E-state index contributed by atoms with van der Waals surface area (Å²) in [6.07, 6.45) is 2.03. The van der Waals surface area contributed by atoms with Crippen molar-refractivity contribution in [3.05, 3.63) is 30.1 Å². The van der Waals surface area contributed by atoms with Crippen LogP contribution in [0.2, 0.25) is 0 Å². The number of aryl methyl sites for hydroxylation is 1. The van der Waals surface area contributed by atoms with E-state index >= 15 is 0 Å². The van der Waals surface area contributed by atoms with E-state index in [9.17, 15) is 0 Å². The molecule has 0 bridgehead atoms. The minimum atomic E-state index is 0.599. The molecule has 2 heterocycles. The van der Waals surface area contributed by atoms with E-state index in [1.807, 2.05) is 43.1 Å². The number of nitrogens with zero attached hydrogens (tertiary/aromatic N) is 2. The molecule has 3 rings (SSSR count). The van der Waals surface area contributed by atoms with Crippen LogP contribution in [0, 0.1) is 0 Å². The maximum atomic E-state index is 5.61. The minimum absolute atomic E-state index is 0.599. The van der Waals surface area contributed by atoms with E-state index in [0.717, 1.165) is 35.1 Å². The van der Waals surface area contributed by atoms with Crippen LogP contribution in [-0.2, 0) is 13.6 Å². The van der Waals surface area contributed by atoms with Gasteiger partial charge in [-0.25, -0.2) is 4.98 Å². The summed E-state index contributed by atoms with van der Waals surface area (Å²) in [5, 5.41) is 3.11. The van der Waals surface area contributed by atoms with Crippen molar-refractivity contribution in [1.29, 1.82) is 0 Å². The predicted molar refractivity (Wildman–Crippen MR) is 72.4 cm³/mol. The quantitative estimate of drug-likeness (QED) is 0.909. The third-order valence-electron chi connectivity index (χ3n) is 3.08. The highest BCUT2D eigenvalue weighted by Crippen LogP contribution is 2.34. The second-order valence-electron chi connectivity index (χ2n) is 4.56. The number of fused-ring (bicyclic) bond motifs is 1. The number of nitrogens with one attached hydrogen (secondary N) is 1. The van der Waals surface area contributed by atoms with Crippen LogP contribution in [0.1, 0.15) is 5.69 Å². The van der Waals surface area contributed by atoms with Crippen LogP contribution >= 0.6 is 0 Å². The van der Waals surface area contributed by atoms with Gasteiger partial charge in [-0.2, -0.15) is 0 Å². The fraction of sp³-hybridized carbons (Fsp3) is 0.357. The Bertz CT molecular complexity index is 592. The van der Waals surface area contributed by atoms with Gasteiger partial charge in [0, 0.05) is 25.4 Å². The lowest BCUT2D eigenvalue weighted by Gasteiger charge is -2.18. The van der Waals surface area contributed by atoms with Gasteiger partial charge in [0.25, 0.3) is 0 Å². The first kappa shape index (κ1) is 12.0. The molecule has 0 saturated heterocycles. The summed E-state index contributed by atoms with van der Waals surface area (Å²) >= 11 is 0. The Morgan fingerprint density at radius 2 is 2.05 bits per heavy atom.